The van der Waals surface area contributed by atoms with Crippen LogP contribution in [0.5, 0.6) is 5.75 Å². The molecular formula is C18H21NO2. The van der Waals surface area contributed by atoms with Crippen LogP contribution in [-0.4, -0.2) is 13.0 Å². The molecule has 0 aliphatic rings. The van der Waals surface area contributed by atoms with Crippen LogP contribution in [0, 0.1) is 6.92 Å². The number of methoxy groups -OCH3 is 1. The normalized spacial score (nSPS) is 11.8. The fourth-order valence-corrected chi connectivity index (χ4v) is 2.29. The van der Waals surface area contributed by atoms with Gasteiger partial charge in [-0.1, -0.05) is 42.0 Å². The molecule has 0 aliphatic carbocycles. The molecule has 0 spiro atoms. The summed E-state index contributed by atoms with van der Waals surface area (Å²) in [7, 11) is 1.64. The minimum Gasteiger partial charge on any atom is -0.497 e. The Morgan fingerprint density at radius 3 is 2.67 bits per heavy atom. The van der Waals surface area contributed by atoms with Crippen molar-refractivity contribution in [2.24, 2.45) is 0 Å². The van der Waals surface area contributed by atoms with Gasteiger partial charge in [0.1, 0.15) is 5.75 Å². The second-order valence-electron chi connectivity index (χ2n) is 5.23. The maximum Gasteiger partial charge on any atom is 0.224 e. The molecule has 1 N–H and O–H groups in total. The monoisotopic (exact) mass is 283 g/mol. The van der Waals surface area contributed by atoms with Gasteiger partial charge in [-0.15, -0.1) is 0 Å². The van der Waals surface area contributed by atoms with Crippen LogP contribution in [-0.2, 0) is 11.2 Å². The summed E-state index contributed by atoms with van der Waals surface area (Å²) in [4.78, 5) is 12.1. The van der Waals surface area contributed by atoms with Gasteiger partial charge in [0.25, 0.3) is 0 Å². The summed E-state index contributed by atoms with van der Waals surface area (Å²) in [5.74, 6) is 0.822. The van der Waals surface area contributed by atoms with Crippen LogP contribution in [0.15, 0.2) is 48.5 Å². The molecule has 2 aromatic carbocycles. The maximum absolute atomic E-state index is 12.1. The van der Waals surface area contributed by atoms with E-state index in [9.17, 15) is 4.79 Å². The van der Waals surface area contributed by atoms with Gasteiger partial charge >= 0.3 is 0 Å². The molecule has 0 radical (unpaired) electrons. The van der Waals surface area contributed by atoms with E-state index < -0.39 is 0 Å². The third-order valence-corrected chi connectivity index (χ3v) is 3.42. The number of rotatable bonds is 5. The van der Waals surface area contributed by atoms with Crippen LogP contribution in [0.3, 0.4) is 0 Å². The Morgan fingerprint density at radius 2 is 1.95 bits per heavy atom. The third kappa shape index (κ3) is 4.35. The molecule has 0 aliphatic heterocycles. The largest absolute Gasteiger partial charge is 0.497 e. The smallest absolute Gasteiger partial charge is 0.224 e. The number of nitrogens with one attached hydrogen (secondary N) is 1. The number of amides is 1. The van der Waals surface area contributed by atoms with Gasteiger partial charge in [-0.25, -0.2) is 0 Å². The number of benzene rings is 2. The molecule has 2 rings (SSSR count). The molecule has 21 heavy (non-hydrogen) atoms. The molecule has 0 saturated carbocycles. The standard InChI is InChI=1S/C18H21NO2/c1-13-6-4-7-15(10-13)11-18(20)19-14(2)16-8-5-9-17(12-16)21-3/h4-10,12,14H,11H2,1-3H3,(H,19,20). The van der Waals surface area contributed by atoms with Crippen molar-refractivity contribution in [3.05, 3.63) is 65.2 Å². The molecule has 1 unspecified atom stereocenters. The fourth-order valence-electron chi connectivity index (χ4n) is 2.29. The van der Waals surface area contributed by atoms with Crippen LogP contribution in [0.2, 0.25) is 0 Å². The predicted octanol–water partition coefficient (Wildman–Crippen LogP) is 3.42. The highest BCUT2D eigenvalue weighted by Gasteiger charge is 2.10. The van der Waals surface area contributed by atoms with E-state index in [1.165, 1.54) is 5.56 Å². The lowest BCUT2D eigenvalue weighted by Gasteiger charge is -2.15. The number of ether oxygens (including phenoxy) is 1. The zero-order valence-corrected chi connectivity index (χ0v) is 12.7. The van der Waals surface area contributed by atoms with E-state index >= 15 is 0 Å². The SMILES string of the molecule is COc1cccc(C(C)NC(=O)Cc2cccc(C)c2)c1. The van der Waals surface area contributed by atoms with Crippen molar-refractivity contribution >= 4 is 5.91 Å². The van der Waals surface area contributed by atoms with Gasteiger partial charge in [0.05, 0.1) is 19.6 Å². The van der Waals surface area contributed by atoms with Crippen LogP contribution in [0.1, 0.15) is 29.7 Å². The highest BCUT2D eigenvalue weighted by molar-refractivity contribution is 5.79. The second kappa shape index (κ2) is 6.93. The number of carbonyl (C=O) groups is 1. The van der Waals surface area contributed by atoms with E-state index in [2.05, 4.69) is 5.32 Å². The molecule has 0 fully saturated rings. The first-order valence-electron chi connectivity index (χ1n) is 7.07. The molecule has 0 saturated heterocycles. The zero-order chi connectivity index (χ0) is 15.2. The molecule has 1 atom stereocenters. The number of hydrogen-bond acceptors (Lipinski definition) is 2. The van der Waals surface area contributed by atoms with E-state index in [0.29, 0.717) is 6.42 Å². The summed E-state index contributed by atoms with van der Waals surface area (Å²) in [6, 6.07) is 15.7. The number of carbonyl (C=O) groups excluding carboxylic acids is 1. The van der Waals surface area contributed by atoms with Crippen LogP contribution in [0.4, 0.5) is 0 Å². The van der Waals surface area contributed by atoms with Gasteiger partial charge in [-0.3, -0.25) is 4.79 Å². The Kier molecular flexibility index (Phi) is 4.99. The Labute approximate surface area is 126 Å². The lowest BCUT2D eigenvalue weighted by molar-refractivity contribution is -0.121. The van der Waals surface area contributed by atoms with Crippen molar-refractivity contribution < 1.29 is 9.53 Å². The quantitative estimate of drug-likeness (QED) is 0.913. The average molecular weight is 283 g/mol. The van der Waals surface area contributed by atoms with Gasteiger partial charge in [0, 0.05) is 0 Å². The van der Waals surface area contributed by atoms with E-state index in [1.54, 1.807) is 7.11 Å². The van der Waals surface area contributed by atoms with Crippen molar-refractivity contribution in [3.63, 3.8) is 0 Å². The molecular weight excluding hydrogens is 262 g/mol. The fraction of sp³-hybridized carbons (Fsp3) is 0.278. The van der Waals surface area contributed by atoms with Gasteiger partial charge in [-0.2, -0.15) is 0 Å². The number of aryl methyl sites for hydroxylation is 1. The van der Waals surface area contributed by atoms with E-state index in [-0.39, 0.29) is 11.9 Å². The van der Waals surface area contributed by atoms with Crippen LogP contribution in [0.25, 0.3) is 0 Å². The van der Waals surface area contributed by atoms with Crippen molar-refractivity contribution in [1.82, 2.24) is 5.32 Å². The van der Waals surface area contributed by atoms with Crippen molar-refractivity contribution in [2.75, 3.05) is 7.11 Å². The molecule has 3 heteroatoms. The van der Waals surface area contributed by atoms with Crippen LogP contribution < -0.4 is 10.1 Å². The topological polar surface area (TPSA) is 38.3 Å². The minimum absolute atomic E-state index is 0.0240. The predicted molar refractivity (Wildman–Crippen MR) is 84.4 cm³/mol. The highest BCUT2D eigenvalue weighted by Crippen LogP contribution is 2.18. The minimum atomic E-state index is -0.0441. The van der Waals surface area contributed by atoms with Gasteiger partial charge < -0.3 is 10.1 Å². The third-order valence-electron chi connectivity index (χ3n) is 3.42. The Hall–Kier alpha value is -2.29. The van der Waals surface area contributed by atoms with Crippen molar-refractivity contribution in [3.8, 4) is 5.75 Å². The van der Waals surface area contributed by atoms with Crippen LogP contribution >= 0.6 is 0 Å². The van der Waals surface area contributed by atoms with Gasteiger partial charge in [0.15, 0.2) is 0 Å². The number of hydrogen-bond donors (Lipinski definition) is 1. The summed E-state index contributed by atoms with van der Waals surface area (Å²) >= 11 is 0. The lowest BCUT2D eigenvalue weighted by atomic mass is 10.1. The highest BCUT2D eigenvalue weighted by atomic mass is 16.5. The first kappa shape index (κ1) is 15.1. The molecule has 2 aromatic rings. The summed E-state index contributed by atoms with van der Waals surface area (Å²) in [5, 5.41) is 3.02. The maximum atomic E-state index is 12.1. The molecule has 0 aromatic heterocycles. The summed E-state index contributed by atoms with van der Waals surface area (Å²) in [6.45, 7) is 4.00. The van der Waals surface area contributed by atoms with E-state index in [4.69, 9.17) is 4.74 Å². The molecule has 0 bridgehead atoms. The Balaban J connectivity index is 1.98. The average Bonchev–Trinajstić information content (AvgIpc) is 2.47. The summed E-state index contributed by atoms with van der Waals surface area (Å²) in [6.07, 6.45) is 0.399. The summed E-state index contributed by atoms with van der Waals surface area (Å²) < 4.78 is 5.21. The molecule has 3 nitrogen and oxygen atoms in total. The zero-order valence-electron chi connectivity index (χ0n) is 12.7. The first-order chi connectivity index (χ1) is 10.1. The lowest BCUT2D eigenvalue weighted by Crippen LogP contribution is -2.28. The first-order valence-corrected chi connectivity index (χ1v) is 7.07. The molecule has 1 amide bonds. The van der Waals surface area contributed by atoms with Gasteiger partial charge in [-0.05, 0) is 37.1 Å². The van der Waals surface area contributed by atoms with Gasteiger partial charge in [0.2, 0.25) is 5.91 Å². The Morgan fingerprint density at radius 1 is 1.19 bits per heavy atom. The summed E-state index contributed by atoms with van der Waals surface area (Å²) in [5.41, 5.74) is 3.23. The molecule has 110 valence electrons. The van der Waals surface area contributed by atoms with E-state index in [1.807, 2.05) is 62.4 Å². The second-order valence-corrected chi connectivity index (χ2v) is 5.23. The Bertz CT molecular complexity index is 622. The van der Waals surface area contributed by atoms with Crippen molar-refractivity contribution in [2.45, 2.75) is 26.3 Å². The van der Waals surface area contributed by atoms with Crippen molar-refractivity contribution in [1.29, 1.82) is 0 Å². The molecule has 0 heterocycles. The van der Waals surface area contributed by atoms with E-state index in [0.717, 1.165) is 16.9 Å².